The Morgan fingerprint density at radius 2 is 2.12 bits per heavy atom. The molecule has 1 aliphatic heterocycles. The van der Waals surface area contributed by atoms with Crippen LogP contribution in [0.25, 0.3) is 0 Å². The third-order valence-electron chi connectivity index (χ3n) is 5.67. The molecule has 4 nitrogen and oxygen atoms in total. The van der Waals surface area contributed by atoms with E-state index in [0.29, 0.717) is 12.0 Å². The standard InChI is InChI=1S/C20H28N4S/c1-14-22-17-9-4-3-8-16(17)20(23-14)21-13-15-7-5-11-24(2)19(15)18-10-6-12-25-18/h6,10,12,15,19H,3-5,7-9,11,13H2,1-2H3,(H,21,22,23). The topological polar surface area (TPSA) is 41.1 Å². The van der Waals surface area contributed by atoms with E-state index in [0.717, 1.165) is 31.0 Å². The second kappa shape index (κ2) is 7.42. The molecule has 2 unspecified atom stereocenters. The van der Waals surface area contributed by atoms with Crippen molar-refractivity contribution in [1.82, 2.24) is 14.9 Å². The highest BCUT2D eigenvalue weighted by molar-refractivity contribution is 7.10. The van der Waals surface area contributed by atoms with Crippen molar-refractivity contribution in [2.45, 2.75) is 51.5 Å². The SMILES string of the molecule is Cc1nc2c(c(NCC3CCCN(C)C3c3cccs3)n1)CCCC2. The molecule has 1 saturated heterocycles. The molecule has 0 radical (unpaired) electrons. The average Bonchev–Trinajstić information content (AvgIpc) is 3.13. The van der Waals surface area contributed by atoms with Gasteiger partial charge in [-0.25, -0.2) is 9.97 Å². The zero-order chi connectivity index (χ0) is 17.2. The molecule has 0 spiro atoms. The Balaban J connectivity index is 1.53. The Morgan fingerprint density at radius 3 is 2.96 bits per heavy atom. The van der Waals surface area contributed by atoms with Crippen LogP contribution in [0.1, 0.15) is 53.7 Å². The number of hydrogen-bond donors (Lipinski definition) is 1. The van der Waals surface area contributed by atoms with Crippen molar-refractivity contribution in [3.8, 4) is 0 Å². The van der Waals surface area contributed by atoms with Gasteiger partial charge in [-0.3, -0.25) is 4.90 Å². The van der Waals surface area contributed by atoms with Crippen molar-refractivity contribution >= 4 is 17.2 Å². The third kappa shape index (κ3) is 3.58. The first kappa shape index (κ1) is 17.0. The number of piperidine rings is 1. The fraction of sp³-hybridized carbons (Fsp3) is 0.600. The first-order chi connectivity index (χ1) is 12.2. The number of aromatic nitrogens is 2. The van der Waals surface area contributed by atoms with E-state index in [4.69, 9.17) is 4.98 Å². The normalized spacial score (nSPS) is 24.1. The Labute approximate surface area is 154 Å². The first-order valence-corrected chi connectivity index (χ1v) is 10.4. The van der Waals surface area contributed by atoms with Gasteiger partial charge in [0.25, 0.3) is 0 Å². The van der Waals surface area contributed by atoms with Crippen LogP contribution in [-0.2, 0) is 12.8 Å². The number of nitrogens with zero attached hydrogens (tertiary/aromatic N) is 3. The van der Waals surface area contributed by atoms with Crippen LogP contribution < -0.4 is 5.32 Å². The molecule has 0 saturated carbocycles. The van der Waals surface area contributed by atoms with Crippen LogP contribution in [0.15, 0.2) is 17.5 Å². The summed E-state index contributed by atoms with van der Waals surface area (Å²) in [5.74, 6) is 2.63. The maximum atomic E-state index is 4.74. The maximum absolute atomic E-state index is 4.74. The molecule has 1 aliphatic carbocycles. The van der Waals surface area contributed by atoms with Gasteiger partial charge in [0.1, 0.15) is 11.6 Å². The van der Waals surface area contributed by atoms with Crippen molar-refractivity contribution in [3.63, 3.8) is 0 Å². The summed E-state index contributed by atoms with van der Waals surface area (Å²) in [5, 5.41) is 5.92. The largest absolute Gasteiger partial charge is 0.369 e. The molecule has 1 fully saturated rings. The second-order valence-electron chi connectivity index (χ2n) is 7.48. The van der Waals surface area contributed by atoms with Gasteiger partial charge in [0.15, 0.2) is 0 Å². The van der Waals surface area contributed by atoms with Gasteiger partial charge in [-0.15, -0.1) is 11.3 Å². The van der Waals surface area contributed by atoms with E-state index in [1.807, 2.05) is 18.3 Å². The summed E-state index contributed by atoms with van der Waals surface area (Å²) in [6, 6.07) is 5.00. The van der Waals surface area contributed by atoms with Gasteiger partial charge in [-0.2, -0.15) is 0 Å². The van der Waals surface area contributed by atoms with Gasteiger partial charge in [0.05, 0.1) is 0 Å². The Hall–Kier alpha value is -1.46. The van der Waals surface area contributed by atoms with E-state index >= 15 is 0 Å². The molecular weight excluding hydrogens is 328 g/mol. The molecule has 1 N–H and O–H groups in total. The lowest BCUT2D eigenvalue weighted by Gasteiger charge is -2.39. The van der Waals surface area contributed by atoms with Crippen molar-refractivity contribution in [3.05, 3.63) is 39.5 Å². The number of nitrogens with one attached hydrogen (secondary N) is 1. The number of anilines is 1. The van der Waals surface area contributed by atoms with Crippen LogP contribution in [0.5, 0.6) is 0 Å². The molecule has 4 rings (SSSR count). The summed E-state index contributed by atoms with van der Waals surface area (Å²) in [6.45, 7) is 4.21. The molecule has 0 amide bonds. The zero-order valence-electron chi connectivity index (χ0n) is 15.3. The Kier molecular flexibility index (Phi) is 5.04. The fourth-order valence-corrected chi connectivity index (χ4v) is 5.46. The Bertz CT molecular complexity index is 713. The highest BCUT2D eigenvalue weighted by Gasteiger charge is 2.31. The van der Waals surface area contributed by atoms with E-state index in [1.54, 1.807) is 0 Å². The molecule has 2 atom stereocenters. The molecule has 2 aromatic rings. The van der Waals surface area contributed by atoms with E-state index in [-0.39, 0.29) is 0 Å². The molecule has 3 heterocycles. The molecular formula is C20H28N4S. The van der Waals surface area contributed by atoms with E-state index in [1.165, 1.54) is 48.4 Å². The lowest BCUT2D eigenvalue weighted by molar-refractivity contribution is 0.130. The van der Waals surface area contributed by atoms with Crippen LogP contribution in [0.3, 0.4) is 0 Å². The predicted octanol–water partition coefficient (Wildman–Crippen LogP) is 4.22. The van der Waals surface area contributed by atoms with Crippen molar-refractivity contribution in [2.75, 3.05) is 25.5 Å². The molecule has 2 aliphatic rings. The average molecular weight is 357 g/mol. The summed E-state index contributed by atoms with van der Waals surface area (Å²) in [4.78, 5) is 13.4. The minimum absolute atomic E-state index is 0.528. The van der Waals surface area contributed by atoms with Gasteiger partial charge in [-0.1, -0.05) is 6.07 Å². The third-order valence-corrected chi connectivity index (χ3v) is 6.61. The lowest BCUT2D eigenvalue weighted by atomic mass is 9.88. The summed E-state index contributed by atoms with van der Waals surface area (Å²) < 4.78 is 0. The van der Waals surface area contributed by atoms with Crippen LogP contribution in [0.2, 0.25) is 0 Å². The van der Waals surface area contributed by atoms with Crippen molar-refractivity contribution in [2.24, 2.45) is 5.92 Å². The minimum Gasteiger partial charge on any atom is -0.369 e. The van der Waals surface area contributed by atoms with Gasteiger partial charge >= 0.3 is 0 Å². The van der Waals surface area contributed by atoms with Crippen LogP contribution in [0, 0.1) is 12.8 Å². The van der Waals surface area contributed by atoms with Crippen molar-refractivity contribution < 1.29 is 0 Å². The fourth-order valence-electron chi connectivity index (χ4n) is 4.47. The summed E-state index contributed by atoms with van der Waals surface area (Å²) in [5.41, 5.74) is 2.64. The van der Waals surface area contributed by atoms with Crippen LogP contribution in [0.4, 0.5) is 5.82 Å². The number of rotatable bonds is 4. The van der Waals surface area contributed by atoms with Gasteiger partial charge in [-0.05, 0) is 76.4 Å². The van der Waals surface area contributed by atoms with Crippen molar-refractivity contribution in [1.29, 1.82) is 0 Å². The van der Waals surface area contributed by atoms with E-state index in [9.17, 15) is 0 Å². The summed E-state index contributed by atoms with van der Waals surface area (Å²) in [6.07, 6.45) is 7.32. The molecule has 134 valence electrons. The minimum atomic E-state index is 0.528. The number of likely N-dealkylation sites (tertiary alicyclic amines) is 1. The zero-order valence-corrected chi connectivity index (χ0v) is 16.1. The highest BCUT2D eigenvalue weighted by atomic mass is 32.1. The van der Waals surface area contributed by atoms with Gasteiger partial charge in [0, 0.05) is 28.7 Å². The Morgan fingerprint density at radius 1 is 1.24 bits per heavy atom. The smallest absolute Gasteiger partial charge is 0.133 e. The molecule has 25 heavy (non-hydrogen) atoms. The monoisotopic (exact) mass is 356 g/mol. The maximum Gasteiger partial charge on any atom is 0.133 e. The van der Waals surface area contributed by atoms with E-state index in [2.05, 4.69) is 39.8 Å². The number of fused-ring (bicyclic) bond motifs is 1. The summed E-state index contributed by atoms with van der Waals surface area (Å²) >= 11 is 1.89. The van der Waals surface area contributed by atoms with Gasteiger partial charge < -0.3 is 5.32 Å². The summed E-state index contributed by atoms with van der Waals surface area (Å²) in [7, 11) is 2.27. The van der Waals surface area contributed by atoms with Gasteiger partial charge in [0.2, 0.25) is 0 Å². The molecule has 0 bridgehead atoms. The van der Waals surface area contributed by atoms with Crippen LogP contribution >= 0.6 is 11.3 Å². The first-order valence-electron chi connectivity index (χ1n) is 9.56. The molecule has 0 aromatic carbocycles. The number of aryl methyl sites for hydroxylation is 2. The number of thiophene rings is 1. The molecule has 5 heteroatoms. The van der Waals surface area contributed by atoms with Crippen LogP contribution in [-0.4, -0.2) is 35.0 Å². The quantitative estimate of drug-likeness (QED) is 0.890. The number of hydrogen-bond acceptors (Lipinski definition) is 5. The predicted molar refractivity (Wildman–Crippen MR) is 104 cm³/mol. The molecule has 2 aromatic heterocycles. The second-order valence-corrected chi connectivity index (χ2v) is 8.46. The highest BCUT2D eigenvalue weighted by Crippen LogP contribution is 2.37. The lowest BCUT2D eigenvalue weighted by Crippen LogP contribution is -2.38. The van der Waals surface area contributed by atoms with E-state index < -0.39 is 0 Å².